The van der Waals surface area contributed by atoms with Crippen LogP contribution in [0.15, 0.2) is 112 Å². The first-order valence-electron chi connectivity index (χ1n) is 8.56. The van der Waals surface area contributed by atoms with Gasteiger partial charge in [-0.05, 0) is 0 Å². The third kappa shape index (κ3) is 42.8. The van der Waals surface area contributed by atoms with E-state index >= 15 is 0 Å². The maximum absolute atomic E-state index is 3.67. The van der Waals surface area contributed by atoms with Crippen molar-refractivity contribution >= 4 is 0 Å². The molecule has 19 heteroatoms. The van der Waals surface area contributed by atoms with Gasteiger partial charge in [0.2, 0.25) is 0 Å². The molecule has 0 atom stereocenters. The van der Waals surface area contributed by atoms with Crippen LogP contribution in [0.25, 0.3) is 0 Å². The minimum Gasteiger partial charge on any atom is -1.00 e. The Labute approximate surface area is 235 Å². The van der Waals surface area contributed by atoms with Crippen LogP contribution in [-0.2, 0) is 16.8 Å². The van der Waals surface area contributed by atoms with Crippen molar-refractivity contribution in [3.63, 3.8) is 0 Å². The zero-order chi connectivity index (χ0) is 21.2. The molecule has 0 spiro atoms. The fraction of sp³-hybridized carbons (Fsp3) is 0. The van der Waals surface area contributed by atoms with Crippen molar-refractivity contribution < 1.29 is 63.5 Å². The molecule has 6 aromatic heterocycles. The van der Waals surface area contributed by atoms with Gasteiger partial charge >= 0.3 is 16.8 Å². The van der Waals surface area contributed by atoms with E-state index in [0.29, 0.717) is 0 Å². The summed E-state index contributed by atoms with van der Waals surface area (Å²) in [7, 11) is 0. The summed E-state index contributed by atoms with van der Waals surface area (Å²) in [5.41, 5.74) is 0. The van der Waals surface area contributed by atoms with E-state index in [9.17, 15) is 0 Å². The van der Waals surface area contributed by atoms with Crippen LogP contribution in [0.3, 0.4) is 0 Å². The molecule has 6 heterocycles. The second-order valence-corrected chi connectivity index (χ2v) is 4.56. The van der Waals surface area contributed by atoms with Gasteiger partial charge in [0.15, 0.2) is 0 Å². The standard InChI is InChI=1S/6C3H4N2.2ClH.Co.4H2O/c6*1-2-5-3-4-1;;;;;;;/h6*1-3H,(H,4,5);2*1H;;4*1H2/q;;;;;;;;+2;;;;/p-2. The predicted octanol–water partition coefficient (Wildman–Crippen LogP) is -6.84. The Morgan fingerprint density at radius 3 is 0.459 bits per heavy atom. The molecule has 211 valence electrons. The maximum atomic E-state index is 3.67. The SMILES string of the molecule is O.O.O.O.[Cl-].[Cl-].[Co+2].c1c[nH]cn1.c1c[nH]cn1.c1c[nH]cn1.c1c[nH]cn1.c1c[nH]cn1.c1c[nH]cn1. The molecule has 1 radical (unpaired) electrons. The van der Waals surface area contributed by atoms with Crippen LogP contribution in [0.2, 0.25) is 0 Å². The van der Waals surface area contributed by atoms with E-state index in [0.717, 1.165) is 0 Å². The Kier molecular flexibility index (Phi) is 61.9. The van der Waals surface area contributed by atoms with E-state index < -0.39 is 0 Å². The van der Waals surface area contributed by atoms with Crippen molar-refractivity contribution in [2.24, 2.45) is 0 Å². The second-order valence-electron chi connectivity index (χ2n) is 4.56. The van der Waals surface area contributed by atoms with Gasteiger partial charge < -0.3 is 76.6 Å². The molecule has 0 saturated carbocycles. The quantitative estimate of drug-likeness (QED) is 0.0970. The summed E-state index contributed by atoms with van der Waals surface area (Å²) in [5.74, 6) is 0. The minimum atomic E-state index is 0. The first-order valence-corrected chi connectivity index (χ1v) is 8.56. The summed E-state index contributed by atoms with van der Waals surface area (Å²) in [6.45, 7) is 0. The molecular weight excluding hydrogens is 578 g/mol. The summed E-state index contributed by atoms with van der Waals surface area (Å²) in [6, 6.07) is 0. The second kappa shape index (κ2) is 45.7. The van der Waals surface area contributed by atoms with E-state index in [1.54, 1.807) is 112 Å². The van der Waals surface area contributed by atoms with E-state index in [-0.39, 0.29) is 63.5 Å². The molecule has 0 amide bonds. The molecule has 14 N–H and O–H groups in total. The number of aromatic nitrogens is 12. The van der Waals surface area contributed by atoms with Crippen molar-refractivity contribution in [1.29, 1.82) is 0 Å². The van der Waals surface area contributed by atoms with Gasteiger partial charge in [0.05, 0.1) is 38.0 Å². The Balaban J connectivity index is -0.0000000562. The van der Waals surface area contributed by atoms with Gasteiger partial charge in [0.1, 0.15) is 0 Å². The zero-order valence-electron chi connectivity index (χ0n) is 19.2. The van der Waals surface area contributed by atoms with Gasteiger partial charge in [-0.3, -0.25) is 0 Å². The first kappa shape index (κ1) is 50.1. The average molecular weight is 610 g/mol. The molecular formula is C18H32Cl2CoN12O4. The third-order valence-electron chi connectivity index (χ3n) is 2.44. The number of nitrogens with zero attached hydrogens (tertiary/aromatic N) is 6. The predicted molar refractivity (Wildman–Crippen MR) is 126 cm³/mol. The summed E-state index contributed by atoms with van der Waals surface area (Å²) < 4.78 is 0. The topological polar surface area (TPSA) is 298 Å². The average Bonchev–Trinajstić information content (AvgIpc) is 3.69. The van der Waals surface area contributed by atoms with Crippen molar-refractivity contribution in [1.82, 2.24) is 59.8 Å². The zero-order valence-corrected chi connectivity index (χ0v) is 21.7. The number of imidazole rings is 6. The Morgan fingerprint density at radius 2 is 0.432 bits per heavy atom. The number of halogens is 2. The fourth-order valence-corrected chi connectivity index (χ4v) is 1.29. The molecule has 6 aromatic rings. The van der Waals surface area contributed by atoms with Crippen LogP contribution in [0, 0.1) is 0 Å². The van der Waals surface area contributed by atoms with Crippen LogP contribution >= 0.6 is 0 Å². The normalized spacial score (nSPS) is 6.49. The summed E-state index contributed by atoms with van der Waals surface area (Å²) >= 11 is 0. The van der Waals surface area contributed by atoms with E-state index in [2.05, 4.69) is 59.8 Å². The molecule has 0 aromatic carbocycles. The van der Waals surface area contributed by atoms with Crippen LogP contribution in [0.1, 0.15) is 0 Å². The number of hydrogen-bond donors (Lipinski definition) is 6. The van der Waals surface area contributed by atoms with Crippen LogP contribution in [0.4, 0.5) is 0 Å². The number of H-pyrrole nitrogens is 6. The van der Waals surface area contributed by atoms with Gasteiger partial charge in [-0.15, -0.1) is 0 Å². The number of hydrogen-bond acceptors (Lipinski definition) is 6. The molecule has 6 rings (SSSR count). The Bertz CT molecular complexity index is 607. The van der Waals surface area contributed by atoms with E-state index in [1.807, 2.05) is 0 Å². The van der Waals surface area contributed by atoms with Crippen LogP contribution in [-0.4, -0.2) is 81.7 Å². The van der Waals surface area contributed by atoms with Crippen molar-refractivity contribution in [2.45, 2.75) is 0 Å². The first-order chi connectivity index (χ1) is 15.0. The Hall–Kier alpha value is -3.81. The molecule has 37 heavy (non-hydrogen) atoms. The van der Waals surface area contributed by atoms with Crippen LogP contribution < -0.4 is 24.8 Å². The van der Waals surface area contributed by atoms with Crippen molar-refractivity contribution in [3.05, 3.63) is 112 Å². The molecule has 0 saturated heterocycles. The smallest absolute Gasteiger partial charge is 1.00 e. The molecule has 16 nitrogen and oxygen atoms in total. The van der Waals surface area contributed by atoms with E-state index in [1.165, 1.54) is 0 Å². The van der Waals surface area contributed by atoms with Gasteiger partial charge in [-0.1, -0.05) is 0 Å². The van der Waals surface area contributed by atoms with Gasteiger partial charge in [-0.2, -0.15) is 0 Å². The molecule has 0 bridgehead atoms. The third-order valence-corrected chi connectivity index (χ3v) is 2.44. The van der Waals surface area contributed by atoms with Crippen LogP contribution in [0.5, 0.6) is 0 Å². The molecule has 0 aliphatic rings. The summed E-state index contributed by atoms with van der Waals surface area (Å²) in [6.07, 6.45) is 30.5. The minimum absolute atomic E-state index is 0. The molecule has 0 aliphatic carbocycles. The largest absolute Gasteiger partial charge is 2.00 e. The number of rotatable bonds is 0. The van der Waals surface area contributed by atoms with Gasteiger partial charge in [-0.25, -0.2) is 29.9 Å². The van der Waals surface area contributed by atoms with Crippen molar-refractivity contribution in [2.75, 3.05) is 0 Å². The van der Waals surface area contributed by atoms with Gasteiger partial charge in [0.25, 0.3) is 0 Å². The van der Waals surface area contributed by atoms with Gasteiger partial charge in [0, 0.05) is 74.4 Å². The monoisotopic (exact) mass is 609 g/mol. The van der Waals surface area contributed by atoms with Crippen molar-refractivity contribution in [3.8, 4) is 0 Å². The Morgan fingerprint density at radius 1 is 0.297 bits per heavy atom. The maximum Gasteiger partial charge on any atom is 2.00 e. The fourth-order valence-electron chi connectivity index (χ4n) is 1.29. The number of aromatic amines is 6. The molecule has 0 unspecified atom stereocenters. The summed E-state index contributed by atoms with van der Waals surface area (Å²) in [4.78, 5) is 38.5. The van der Waals surface area contributed by atoms with E-state index in [4.69, 9.17) is 0 Å². The molecule has 0 fully saturated rings. The summed E-state index contributed by atoms with van der Waals surface area (Å²) in [5, 5.41) is 0. The number of nitrogens with one attached hydrogen (secondary N) is 6. The molecule has 0 aliphatic heterocycles.